The molecule has 2 rings (SSSR count). The molecule has 0 spiro atoms. The van der Waals surface area contributed by atoms with Gasteiger partial charge in [-0.25, -0.2) is 0 Å². The number of likely N-dealkylation sites (N-methyl/N-ethyl adjacent to an activating group) is 1. The summed E-state index contributed by atoms with van der Waals surface area (Å²) >= 11 is 0. The molecule has 2 heterocycles. The maximum atomic E-state index is 12.1. The van der Waals surface area contributed by atoms with Crippen LogP contribution in [-0.4, -0.2) is 36.6 Å². The Morgan fingerprint density at radius 1 is 1.53 bits per heavy atom. The number of hydrogen-bond acceptors (Lipinski definition) is 4. The predicted molar refractivity (Wildman–Crippen MR) is 64.7 cm³/mol. The maximum Gasteiger partial charge on any atom is 0.145 e. The van der Waals surface area contributed by atoms with E-state index in [1.54, 1.807) is 6.20 Å². The first-order valence-corrected chi connectivity index (χ1v) is 6.05. The lowest BCUT2D eigenvalue weighted by Crippen LogP contribution is -2.39. The molecule has 1 fully saturated rings. The molecule has 1 aromatic heterocycles. The van der Waals surface area contributed by atoms with E-state index in [0.29, 0.717) is 19.6 Å². The number of rotatable bonds is 5. The van der Waals surface area contributed by atoms with Crippen molar-refractivity contribution in [2.45, 2.75) is 19.4 Å². The fraction of sp³-hybridized carbons (Fsp3) is 0.538. The number of nitrogens with zero attached hydrogens (tertiary/aromatic N) is 1. The van der Waals surface area contributed by atoms with Crippen LogP contribution in [0.15, 0.2) is 24.4 Å². The SMILES string of the molecule is CCNC1COCC1C(=O)Cc1ccccn1. The number of pyridine rings is 1. The van der Waals surface area contributed by atoms with Crippen molar-refractivity contribution in [3.63, 3.8) is 0 Å². The summed E-state index contributed by atoms with van der Waals surface area (Å²) in [5.74, 6) is 0.184. The molecule has 0 aliphatic carbocycles. The van der Waals surface area contributed by atoms with Crippen molar-refractivity contribution in [1.82, 2.24) is 10.3 Å². The second-order valence-corrected chi connectivity index (χ2v) is 4.27. The number of ether oxygens (including phenoxy) is 1. The molecule has 1 N–H and O–H groups in total. The van der Waals surface area contributed by atoms with Crippen LogP contribution in [0.1, 0.15) is 12.6 Å². The second-order valence-electron chi connectivity index (χ2n) is 4.27. The van der Waals surface area contributed by atoms with Crippen molar-refractivity contribution in [3.8, 4) is 0 Å². The lowest BCUT2D eigenvalue weighted by Gasteiger charge is -2.16. The van der Waals surface area contributed by atoms with E-state index in [1.165, 1.54) is 0 Å². The Labute approximate surface area is 101 Å². The summed E-state index contributed by atoms with van der Waals surface area (Å²) in [5, 5.41) is 3.29. The molecule has 1 aromatic rings. The van der Waals surface area contributed by atoms with Gasteiger partial charge in [0, 0.05) is 24.4 Å². The van der Waals surface area contributed by atoms with E-state index < -0.39 is 0 Å². The van der Waals surface area contributed by atoms with Gasteiger partial charge >= 0.3 is 0 Å². The molecule has 0 amide bonds. The van der Waals surface area contributed by atoms with E-state index >= 15 is 0 Å². The summed E-state index contributed by atoms with van der Waals surface area (Å²) < 4.78 is 5.38. The molecule has 2 atom stereocenters. The highest BCUT2D eigenvalue weighted by Gasteiger charge is 2.33. The average Bonchev–Trinajstić information content (AvgIpc) is 2.79. The number of carbonyl (C=O) groups excluding carboxylic acids is 1. The number of hydrogen-bond donors (Lipinski definition) is 1. The summed E-state index contributed by atoms with van der Waals surface area (Å²) in [7, 11) is 0. The summed E-state index contributed by atoms with van der Waals surface area (Å²) in [6.45, 7) is 4.07. The number of Topliss-reactive ketones (excluding diaryl/α,β-unsaturated/α-hetero) is 1. The lowest BCUT2D eigenvalue weighted by molar-refractivity contribution is -0.122. The van der Waals surface area contributed by atoms with Gasteiger partial charge in [0.25, 0.3) is 0 Å². The van der Waals surface area contributed by atoms with Gasteiger partial charge < -0.3 is 10.1 Å². The van der Waals surface area contributed by atoms with Crippen LogP contribution in [0.3, 0.4) is 0 Å². The van der Waals surface area contributed by atoms with Crippen LogP contribution in [-0.2, 0) is 16.0 Å². The van der Waals surface area contributed by atoms with Crippen LogP contribution < -0.4 is 5.32 Å². The fourth-order valence-corrected chi connectivity index (χ4v) is 2.15. The topological polar surface area (TPSA) is 51.2 Å². The van der Waals surface area contributed by atoms with Gasteiger partial charge in [0.2, 0.25) is 0 Å². The van der Waals surface area contributed by atoms with Crippen LogP contribution in [0.25, 0.3) is 0 Å². The fourth-order valence-electron chi connectivity index (χ4n) is 2.15. The molecule has 2 unspecified atom stereocenters. The summed E-state index contributed by atoms with van der Waals surface area (Å²) in [6, 6.07) is 5.81. The summed E-state index contributed by atoms with van der Waals surface area (Å²) in [4.78, 5) is 16.3. The van der Waals surface area contributed by atoms with Crippen molar-refractivity contribution >= 4 is 5.78 Å². The smallest absolute Gasteiger partial charge is 0.145 e. The standard InChI is InChI=1S/C13H18N2O2/c1-2-14-12-9-17-8-11(12)13(16)7-10-5-3-4-6-15-10/h3-6,11-12,14H,2,7-9H2,1H3. The molecular weight excluding hydrogens is 216 g/mol. The molecule has 4 nitrogen and oxygen atoms in total. The van der Waals surface area contributed by atoms with Crippen molar-refractivity contribution in [3.05, 3.63) is 30.1 Å². The predicted octanol–water partition coefficient (Wildman–Crippen LogP) is 0.818. The maximum absolute atomic E-state index is 12.1. The van der Waals surface area contributed by atoms with E-state index in [4.69, 9.17) is 4.74 Å². The van der Waals surface area contributed by atoms with E-state index in [0.717, 1.165) is 12.2 Å². The Morgan fingerprint density at radius 2 is 2.41 bits per heavy atom. The first kappa shape index (κ1) is 12.2. The molecule has 0 bridgehead atoms. The molecule has 17 heavy (non-hydrogen) atoms. The molecule has 92 valence electrons. The molecule has 0 radical (unpaired) electrons. The van der Waals surface area contributed by atoms with E-state index in [1.807, 2.05) is 25.1 Å². The van der Waals surface area contributed by atoms with Crippen LogP contribution in [0.5, 0.6) is 0 Å². The third-order valence-electron chi connectivity index (χ3n) is 3.04. The van der Waals surface area contributed by atoms with Crippen LogP contribution >= 0.6 is 0 Å². The molecule has 0 saturated carbocycles. The highest BCUT2D eigenvalue weighted by molar-refractivity contribution is 5.84. The van der Waals surface area contributed by atoms with Crippen LogP contribution in [0, 0.1) is 5.92 Å². The first-order chi connectivity index (χ1) is 8.31. The van der Waals surface area contributed by atoms with E-state index in [2.05, 4.69) is 10.3 Å². The quantitative estimate of drug-likeness (QED) is 0.819. The molecular formula is C13H18N2O2. The second kappa shape index (κ2) is 5.89. The van der Waals surface area contributed by atoms with Crippen molar-refractivity contribution < 1.29 is 9.53 Å². The Hall–Kier alpha value is -1.26. The lowest BCUT2D eigenvalue weighted by atomic mass is 9.95. The summed E-state index contributed by atoms with van der Waals surface area (Å²) in [6.07, 6.45) is 2.12. The van der Waals surface area contributed by atoms with Gasteiger partial charge in [-0.05, 0) is 18.7 Å². The van der Waals surface area contributed by atoms with Crippen molar-refractivity contribution in [2.75, 3.05) is 19.8 Å². The Morgan fingerprint density at radius 3 is 3.12 bits per heavy atom. The minimum Gasteiger partial charge on any atom is -0.379 e. The van der Waals surface area contributed by atoms with Crippen LogP contribution in [0.2, 0.25) is 0 Å². The molecule has 1 aliphatic rings. The third-order valence-corrected chi connectivity index (χ3v) is 3.04. The minimum absolute atomic E-state index is 0.0306. The number of nitrogens with one attached hydrogen (secondary N) is 1. The molecule has 0 aromatic carbocycles. The first-order valence-electron chi connectivity index (χ1n) is 6.05. The van der Waals surface area contributed by atoms with Gasteiger partial charge in [-0.1, -0.05) is 13.0 Å². The Kier molecular flexibility index (Phi) is 4.23. The van der Waals surface area contributed by atoms with Crippen LogP contribution in [0.4, 0.5) is 0 Å². The third kappa shape index (κ3) is 3.11. The monoisotopic (exact) mass is 234 g/mol. The average molecular weight is 234 g/mol. The largest absolute Gasteiger partial charge is 0.379 e. The van der Waals surface area contributed by atoms with Gasteiger partial charge in [-0.15, -0.1) is 0 Å². The number of carbonyl (C=O) groups is 1. The number of ketones is 1. The number of aromatic nitrogens is 1. The van der Waals surface area contributed by atoms with Gasteiger partial charge in [0.1, 0.15) is 5.78 Å². The molecule has 1 aliphatic heterocycles. The molecule has 1 saturated heterocycles. The van der Waals surface area contributed by atoms with Crippen molar-refractivity contribution in [1.29, 1.82) is 0 Å². The van der Waals surface area contributed by atoms with E-state index in [-0.39, 0.29) is 17.7 Å². The highest BCUT2D eigenvalue weighted by atomic mass is 16.5. The normalized spacial score (nSPS) is 23.8. The minimum atomic E-state index is -0.0306. The van der Waals surface area contributed by atoms with Gasteiger partial charge in [-0.2, -0.15) is 0 Å². The van der Waals surface area contributed by atoms with Crippen molar-refractivity contribution in [2.24, 2.45) is 5.92 Å². The molecule has 4 heteroatoms. The highest BCUT2D eigenvalue weighted by Crippen LogP contribution is 2.16. The van der Waals surface area contributed by atoms with Gasteiger partial charge in [0.15, 0.2) is 0 Å². The Bertz CT molecular complexity index is 367. The zero-order valence-electron chi connectivity index (χ0n) is 10.1. The zero-order valence-corrected chi connectivity index (χ0v) is 10.1. The van der Waals surface area contributed by atoms with E-state index in [9.17, 15) is 4.79 Å². The summed E-state index contributed by atoms with van der Waals surface area (Å²) in [5.41, 5.74) is 0.833. The van der Waals surface area contributed by atoms with Gasteiger partial charge in [-0.3, -0.25) is 9.78 Å². The zero-order chi connectivity index (χ0) is 12.1. The Balaban J connectivity index is 1.95. The van der Waals surface area contributed by atoms with Gasteiger partial charge in [0.05, 0.1) is 19.1 Å².